The lowest BCUT2D eigenvalue weighted by atomic mass is 9.75. The van der Waals surface area contributed by atoms with Crippen molar-refractivity contribution in [2.75, 3.05) is 26.8 Å². The number of carbonyl (C=O) groups excluding carboxylic acids is 1. The van der Waals surface area contributed by atoms with Crippen LogP contribution in [0.5, 0.6) is 0 Å². The van der Waals surface area contributed by atoms with E-state index in [1.54, 1.807) is 7.11 Å². The number of piperidine rings is 1. The molecule has 1 unspecified atom stereocenters. The number of nitrogens with zero attached hydrogens (tertiary/aromatic N) is 1. The van der Waals surface area contributed by atoms with Gasteiger partial charge in [-0.05, 0) is 85.0 Å². The average Bonchev–Trinajstić information content (AvgIpc) is 3.61. The van der Waals surface area contributed by atoms with Gasteiger partial charge in [0.05, 0.1) is 12.5 Å². The largest absolute Gasteiger partial charge is 0.385 e. The standard InChI is InChI=1S/C28H33BrF2N2O3/c1-17-19(4-3-9-35-2)10-18(11-24(17)29)14-33-8-7-28(23(15-33)27(34)32-21-5-6-21)22-13-26(31)25(30)12-20(22)16-36-28/h10-13,21,23H,3-9,14-16H2,1-2H3,(H,32,34)/t23-,28?/m0/s1. The lowest BCUT2D eigenvalue weighted by Crippen LogP contribution is -2.55. The van der Waals surface area contributed by atoms with E-state index < -0.39 is 23.2 Å². The van der Waals surface area contributed by atoms with Crippen LogP contribution < -0.4 is 5.32 Å². The highest BCUT2D eigenvalue weighted by Gasteiger charge is 2.53. The van der Waals surface area contributed by atoms with E-state index >= 15 is 0 Å². The van der Waals surface area contributed by atoms with Crippen molar-refractivity contribution >= 4 is 21.8 Å². The lowest BCUT2D eigenvalue weighted by molar-refractivity contribution is -0.154. The molecule has 1 N–H and O–H groups in total. The van der Waals surface area contributed by atoms with Crippen molar-refractivity contribution in [1.29, 1.82) is 0 Å². The third kappa shape index (κ3) is 5.10. The summed E-state index contributed by atoms with van der Waals surface area (Å²) in [7, 11) is 1.72. The molecule has 5 rings (SSSR count). The normalized spacial score (nSPS) is 23.8. The molecule has 0 aromatic heterocycles. The molecule has 5 nitrogen and oxygen atoms in total. The minimum absolute atomic E-state index is 0.0647. The van der Waals surface area contributed by atoms with E-state index in [0.717, 1.165) is 36.8 Å². The summed E-state index contributed by atoms with van der Waals surface area (Å²) in [4.78, 5) is 15.7. The van der Waals surface area contributed by atoms with Gasteiger partial charge in [0.1, 0.15) is 5.60 Å². The van der Waals surface area contributed by atoms with Crippen molar-refractivity contribution in [3.8, 4) is 0 Å². The van der Waals surface area contributed by atoms with Crippen LogP contribution in [0.2, 0.25) is 0 Å². The highest BCUT2D eigenvalue weighted by atomic mass is 79.9. The molecule has 0 bridgehead atoms. The summed E-state index contributed by atoms with van der Waals surface area (Å²) in [6, 6.07) is 7.07. The number of benzene rings is 2. The van der Waals surface area contributed by atoms with Gasteiger partial charge in [-0.1, -0.05) is 22.0 Å². The number of fused-ring (bicyclic) bond motifs is 2. The number of halogens is 3. The van der Waals surface area contributed by atoms with Crippen LogP contribution in [-0.4, -0.2) is 43.7 Å². The van der Waals surface area contributed by atoms with Gasteiger partial charge < -0.3 is 14.8 Å². The SMILES string of the molecule is COCCCc1cc(CN2CCC3(OCc4cc(F)c(F)cc43)[C@H](C(=O)NC3CC3)C2)cc(Br)c1C. The zero-order valence-electron chi connectivity index (χ0n) is 20.8. The molecule has 3 aliphatic rings. The van der Waals surface area contributed by atoms with Crippen LogP contribution in [-0.2, 0) is 39.4 Å². The summed E-state index contributed by atoms with van der Waals surface area (Å²) in [6.07, 6.45) is 4.40. The summed E-state index contributed by atoms with van der Waals surface area (Å²) in [5, 5.41) is 3.14. The Hall–Kier alpha value is -1.87. The molecule has 2 fully saturated rings. The summed E-state index contributed by atoms with van der Waals surface area (Å²) >= 11 is 3.72. The van der Waals surface area contributed by atoms with E-state index in [-0.39, 0.29) is 18.6 Å². The van der Waals surface area contributed by atoms with Crippen LogP contribution in [0.25, 0.3) is 0 Å². The maximum atomic E-state index is 14.3. The summed E-state index contributed by atoms with van der Waals surface area (Å²) in [5.74, 6) is -2.34. The molecule has 1 saturated heterocycles. The van der Waals surface area contributed by atoms with Crippen LogP contribution in [0, 0.1) is 24.5 Å². The van der Waals surface area contributed by atoms with Crippen LogP contribution >= 0.6 is 15.9 Å². The molecule has 1 spiro atoms. The van der Waals surface area contributed by atoms with Gasteiger partial charge in [0.25, 0.3) is 0 Å². The molecule has 1 saturated carbocycles. The van der Waals surface area contributed by atoms with Gasteiger partial charge >= 0.3 is 0 Å². The van der Waals surface area contributed by atoms with Crippen LogP contribution in [0.15, 0.2) is 28.7 Å². The first-order valence-corrected chi connectivity index (χ1v) is 13.5. The van der Waals surface area contributed by atoms with E-state index in [2.05, 4.69) is 45.2 Å². The van der Waals surface area contributed by atoms with Gasteiger partial charge in [-0.3, -0.25) is 9.69 Å². The molecule has 36 heavy (non-hydrogen) atoms. The monoisotopic (exact) mass is 562 g/mol. The van der Waals surface area contributed by atoms with Crippen molar-refractivity contribution < 1.29 is 23.0 Å². The zero-order valence-corrected chi connectivity index (χ0v) is 22.4. The fourth-order valence-electron chi connectivity index (χ4n) is 5.66. The number of likely N-dealkylation sites (tertiary alicyclic amines) is 1. The van der Waals surface area contributed by atoms with Gasteiger partial charge in [0, 0.05) is 43.9 Å². The second-order valence-corrected chi connectivity index (χ2v) is 11.2. The Morgan fingerprint density at radius 2 is 2.03 bits per heavy atom. The predicted molar refractivity (Wildman–Crippen MR) is 136 cm³/mol. The third-order valence-corrected chi connectivity index (χ3v) is 8.67. The zero-order chi connectivity index (χ0) is 25.4. The molecule has 0 radical (unpaired) electrons. The third-order valence-electron chi connectivity index (χ3n) is 7.84. The summed E-state index contributed by atoms with van der Waals surface area (Å²) < 4.78 is 40.8. The molecule has 2 aromatic rings. The van der Waals surface area contributed by atoms with Crippen LogP contribution in [0.3, 0.4) is 0 Å². The fraction of sp³-hybridized carbons (Fsp3) is 0.536. The summed E-state index contributed by atoms with van der Waals surface area (Å²) in [5.41, 5.74) is 4.03. The van der Waals surface area contributed by atoms with Crippen molar-refractivity contribution in [2.24, 2.45) is 5.92 Å². The van der Waals surface area contributed by atoms with Gasteiger partial charge in [0.15, 0.2) is 11.6 Å². The molecule has 2 atom stereocenters. The number of aryl methyl sites for hydroxylation is 1. The van der Waals surface area contributed by atoms with Crippen molar-refractivity contribution in [2.45, 2.75) is 63.8 Å². The van der Waals surface area contributed by atoms with Crippen LogP contribution in [0.4, 0.5) is 8.78 Å². The Bertz CT molecular complexity index is 1160. The molecular formula is C28H33BrF2N2O3. The van der Waals surface area contributed by atoms with E-state index in [9.17, 15) is 13.6 Å². The molecule has 1 amide bonds. The van der Waals surface area contributed by atoms with Crippen molar-refractivity contribution in [3.63, 3.8) is 0 Å². The first-order valence-electron chi connectivity index (χ1n) is 12.7. The number of methoxy groups -OCH3 is 1. The number of hydrogen-bond donors (Lipinski definition) is 1. The molecule has 194 valence electrons. The summed E-state index contributed by atoms with van der Waals surface area (Å²) in [6.45, 7) is 4.91. The van der Waals surface area contributed by atoms with Gasteiger partial charge in [-0.25, -0.2) is 8.78 Å². The second-order valence-electron chi connectivity index (χ2n) is 10.4. The Kier molecular flexibility index (Phi) is 7.50. The quantitative estimate of drug-likeness (QED) is 0.452. The average molecular weight is 563 g/mol. The van der Waals surface area contributed by atoms with Gasteiger partial charge in [-0.2, -0.15) is 0 Å². The second kappa shape index (κ2) is 10.5. The van der Waals surface area contributed by atoms with E-state index in [0.29, 0.717) is 37.2 Å². The van der Waals surface area contributed by atoms with E-state index in [4.69, 9.17) is 9.47 Å². The number of nitrogens with one attached hydrogen (secondary N) is 1. The fourth-order valence-corrected chi connectivity index (χ4v) is 6.21. The Morgan fingerprint density at radius 3 is 2.78 bits per heavy atom. The predicted octanol–water partition coefficient (Wildman–Crippen LogP) is 5.14. The molecule has 2 aromatic carbocycles. The number of amides is 1. The minimum Gasteiger partial charge on any atom is -0.385 e. The first kappa shape index (κ1) is 25.8. The Labute approximate surface area is 219 Å². The molecular weight excluding hydrogens is 530 g/mol. The number of rotatable bonds is 8. The van der Waals surface area contributed by atoms with Gasteiger partial charge in [-0.15, -0.1) is 0 Å². The first-order chi connectivity index (χ1) is 17.3. The number of carbonyl (C=O) groups is 1. The maximum absolute atomic E-state index is 14.3. The minimum atomic E-state index is -0.932. The molecule has 2 aliphatic heterocycles. The van der Waals surface area contributed by atoms with E-state index in [1.165, 1.54) is 28.8 Å². The topological polar surface area (TPSA) is 50.8 Å². The highest BCUT2D eigenvalue weighted by Crippen LogP contribution is 2.48. The van der Waals surface area contributed by atoms with E-state index in [1.807, 2.05) is 0 Å². The number of hydrogen-bond acceptors (Lipinski definition) is 4. The smallest absolute Gasteiger partial charge is 0.227 e. The highest BCUT2D eigenvalue weighted by molar-refractivity contribution is 9.10. The van der Waals surface area contributed by atoms with Crippen molar-refractivity contribution in [1.82, 2.24) is 10.2 Å². The molecule has 1 aliphatic carbocycles. The van der Waals surface area contributed by atoms with Crippen molar-refractivity contribution in [3.05, 3.63) is 68.2 Å². The Balaban J connectivity index is 1.39. The lowest BCUT2D eigenvalue weighted by Gasteiger charge is -2.45. The molecule has 8 heteroatoms. The van der Waals surface area contributed by atoms with Gasteiger partial charge in [0.2, 0.25) is 5.91 Å². The Morgan fingerprint density at radius 1 is 1.25 bits per heavy atom. The maximum Gasteiger partial charge on any atom is 0.227 e. The molecule has 2 heterocycles. The number of ether oxygens (including phenoxy) is 2. The van der Waals surface area contributed by atoms with Crippen LogP contribution in [0.1, 0.15) is 53.5 Å².